The molecule has 0 unspecified atom stereocenters. The van der Waals surface area contributed by atoms with Crippen LogP contribution in [-0.2, 0) is 12.8 Å². The minimum atomic E-state index is 0.655. The van der Waals surface area contributed by atoms with Gasteiger partial charge in [0.25, 0.3) is 0 Å². The molecule has 24 heavy (non-hydrogen) atoms. The molecule has 0 bridgehead atoms. The molecule has 0 amide bonds. The molecule has 4 heteroatoms. The van der Waals surface area contributed by atoms with Crippen molar-refractivity contribution in [2.75, 3.05) is 25.5 Å². The predicted octanol–water partition coefficient (Wildman–Crippen LogP) is 3.35. The zero-order valence-electron chi connectivity index (χ0n) is 14.6. The van der Waals surface area contributed by atoms with Gasteiger partial charge in [0.2, 0.25) is 0 Å². The van der Waals surface area contributed by atoms with E-state index in [9.17, 15) is 0 Å². The molecule has 0 radical (unpaired) electrons. The maximum Gasteiger partial charge on any atom is 0.126 e. The summed E-state index contributed by atoms with van der Waals surface area (Å²) in [7, 11) is 1.70. The molecule has 2 aromatic rings. The molecule has 1 saturated carbocycles. The molecule has 0 atom stereocenters. The Balaban J connectivity index is 1.37. The van der Waals surface area contributed by atoms with Gasteiger partial charge in [0.15, 0.2) is 0 Å². The van der Waals surface area contributed by atoms with Crippen LogP contribution in [0.2, 0.25) is 0 Å². The van der Waals surface area contributed by atoms with Crippen LogP contribution < -0.4 is 15.4 Å². The summed E-state index contributed by atoms with van der Waals surface area (Å²) < 4.78 is 5.18. The molecule has 1 aliphatic rings. The van der Waals surface area contributed by atoms with E-state index in [2.05, 4.69) is 46.8 Å². The molecule has 4 nitrogen and oxygen atoms in total. The summed E-state index contributed by atoms with van der Waals surface area (Å²) in [5, 5.41) is 6.97. The normalized spacial score (nSPS) is 13.8. The van der Waals surface area contributed by atoms with Crippen molar-refractivity contribution in [2.24, 2.45) is 0 Å². The maximum absolute atomic E-state index is 5.18. The first-order chi connectivity index (χ1) is 11.7. The SMILES string of the molecule is COc1ccc(CCNCCc2ccc(NC3CC3)nc2C)cc1. The van der Waals surface area contributed by atoms with Crippen LogP contribution in [0.25, 0.3) is 0 Å². The highest BCUT2D eigenvalue weighted by Crippen LogP contribution is 2.24. The molecular weight excluding hydrogens is 298 g/mol. The molecule has 3 rings (SSSR count). The lowest BCUT2D eigenvalue weighted by Crippen LogP contribution is -2.20. The molecule has 0 saturated heterocycles. The Labute approximate surface area is 144 Å². The highest BCUT2D eigenvalue weighted by Gasteiger charge is 2.21. The van der Waals surface area contributed by atoms with Gasteiger partial charge in [0.05, 0.1) is 7.11 Å². The Morgan fingerprint density at radius 2 is 1.79 bits per heavy atom. The first-order valence-corrected chi connectivity index (χ1v) is 8.81. The smallest absolute Gasteiger partial charge is 0.126 e. The number of rotatable bonds is 9. The molecule has 1 aromatic heterocycles. The zero-order chi connectivity index (χ0) is 16.8. The second kappa shape index (κ2) is 8.15. The lowest BCUT2D eigenvalue weighted by atomic mass is 10.1. The van der Waals surface area contributed by atoms with Crippen LogP contribution in [0.15, 0.2) is 36.4 Å². The number of nitrogens with zero attached hydrogens (tertiary/aromatic N) is 1. The van der Waals surface area contributed by atoms with Gasteiger partial charge in [0.1, 0.15) is 11.6 Å². The van der Waals surface area contributed by atoms with E-state index in [0.717, 1.165) is 43.2 Å². The van der Waals surface area contributed by atoms with Crippen LogP contribution in [0.5, 0.6) is 5.75 Å². The van der Waals surface area contributed by atoms with Gasteiger partial charge in [-0.15, -0.1) is 0 Å². The third kappa shape index (κ3) is 4.96. The van der Waals surface area contributed by atoms with Crippen LogP contribution in [0.4, 0.5) is 5.82 Å². The van der Waals surface area contributed by atoms with Gasteiger partial charge in [-0.1, -0.05) is 18.2 Å². The van der Waals surface area contributed by atoms with Gasteiger partial charge in [-0.25, -0.2) is 4.98 Å². The quantitative estimate of drug-likeness (QED) is 0.694. The van der Waals surface area contributed by atoms with E-state index in [4.69, 9.17) is 4.74 Å². The third-order valence-electron chi connectivity index (χ3n) is 4.45. The van der Waals surface area contributed by atoms with Crippen LogP contribution in [0.3, 0.4) is 0 Å². The first kappa shape index (κ1) is 16.8. The van der Waals surface area contributed by atoms with Gasteiger partial charge in [0, 0.05) is 11.7 Å². The lowest BCUT2D eigenvalue weighted by Gasteiger charge is -2.10. The first-order valence-electron chi connectivity index (χ1n) is 8.81. The van der Waals surface area contributed by atoms with E-state index in [-0.39, 0.29) is 0 Å². The largest absolute Gasteiger partial charge is 0.497 e. The highest BCUT2D eigenvalue weighted by atomic mass is 16.5. The van der Waals surface area contributed by atoms with Crippen molar-refractivity contribution in [1.82, 2.24) is 10.3 Å². The number of benzene rings is 1. The van der Waals surface area contributed by atoms with Gasteiger partial charge in [-0.3, -0.25) is 0 Å². The average molecular weight is 325 g/mol. The number of nitrogens with one attached hydrogen (secondary N) is 2. The van der Waals surface area contributed by atoms with Crippen molar-refractivity contribution in [2.45, 2.75) is 38.6 Å². The molecule has 2 N–H and O–H groups in total. The summed E-state index contributed by atoms with van der Waals surface area (Å²) in [6.07, 6.45) is 4.61. The zero-order valence-corrected chi connectivity index (χ0v) is 14.6. The van der Waals surface area contributed by atoms with E-state index >= 15 is 0 Å². The molecule has 128 valence electrons. The fourth-order valence-corrected chi connectivity index (χ4v) is 2.74. The summed E-state index contributed by atoms with van der Waals surface area (Å²) in [6, 6.07) is 13.3. The van der Waals surface area contributed by atoms with Gasteiger partial charge >= 0.3 is 0 Å². The monoisotopic (exact) mass is 325 g/mol. The summed E-state index contributed by atoms with van der Waals surface area (Å²) in [4.78, 5) is 4.67. The third-order valence-corrected chi connectivity index (χ3v) is 4.45. The summed E-state index contributed by atoms with van der Waals surface area (Å²) >= 11 is 0. The predicted molar refractivity (Wildman–Crippen MR) is 98.9 cm³/mol. The van der Waals surface area contributed by atoms with E-state index in [1.165, 1.54) is 24.0 Å². The number of pyridine rings is 1. The van der Waals surface area contributed by atoms with Crippen molar-refractivity contribution in [3.8, 4) is 5.75 Å². The minimum Gasteiger partial charge on any atom is -0.497 e. The molecule has 1 aliphatic carbocycles. The standard InChI is InChI=1S/C20H27N3O/c1-15-17(5-10-20(22-15)23-18-6-7-18)12-14-21-13-11-16-3-8-19(24-2)9-4-16/h3-5,8-10,18,21H,6-7,11-14H2,1-2H3,(H,22,23). The molecule has 1 aromatic carbocycles. The topological polar surface area (TPSA) is 46.2 Å². The van der Waals surface area contributed by atoms with E-state index in [1.54, 1.807) is 7.11 Å². The van der Waals surface area contributed by atoms with Crippen molar-refractivity contribution >= 4 is 5.82 Å². The number of aromatic nitrogens is 1. The average Bonchev–Trinajstić information content (AvgIpc) is 3.41. The van der Waals surface area contributed by atoms with Crippen molar-refractivity contribution in [1.29, 1.82) is 0 Å². The fraction of sp³-hybridized carbons (Fsp3) is 0.450. The number of methoxy groups -OCH3 is 1. The number of anilines is 1. The lowest BCUT2D eigenvalue weighted by molar-refractivity contribution is 0.414. The Morgan fingerprint density at radius 3 is 2.46 bits per heavy atom. The second-order valence-corrected chi connectivity index (χ2v) is 6.46. The molecular formula is C20H27N3O. The molecule has 0 aliphatic heterocycles. The Morgan fingerprint density at radius 1 is 1.04 bits per heavy atom. The number of aryl methyl sites for hydroxylation is 1. The molecule has 1 fully saturated rings. The van der Waals surface area contributed by atoms with Gasteiger partial charge < -0.3 is 15.4 Å². The van der Waals surface area contributed by atoms with Gasteiger partial charge in [-0.05, 0) is 75.0 Å². The minimum absolute atomic E-state index is 0.655. The fourth-order valence-electron chi connectivity index (χ4n) is 2.74. The van der Waals surface area contributed by atoms with Crippen LogP contribution in [-0.4, -0.2) is 31.2 Å². The van der Waals surface area contributed by atoms with E-state index in [0.29, 0.717) is 6.04 Å². The van der Waals surface area contributed by atoms with Crippen molar-refractivity contribution in [3.63, 3.8) is 0 Å². The van der Waals surface area contributed by atoms with Crippen molar-refractivity contribution in [3.05, 3.63) is 53.2 Å². The molecule has 0 spiro atoms. The Bertz CT molecular complexity index is 650. The highest BCUT2D eigenvalue weighted by molar-refractivity contribution is 5.40. The van der Waals surface area contributed by atoms with Gasteiger partial charge in [-0.2, -0.15) is 0 Å². The summed E-state index contributed by atoms with van der Waals surface area (Å²) in [6.45, 7) is 4.07. The number of ether oxygens (including phenoxy) is 1. The van der Waals surface area contributed by atoms with E-state index in [1.807, 2.05) is 12.1 Å². The molecule has 1 heterocycles. The number of hydrogen-bond donors (Lipinski definition) is 2. The Hall–Kier alpha value is -2.07. The van der Waals surface area contributed by atoms with Crippen LogP contribution >= 0.6 is 0 Å². The Kier molecular flexibility index (Phi) is 5.70. The summed E-state index contributed by atoms with van der Waals surface area (Å²) in [5.41, 5.74) is 3.79. The van der Waals surface area contributed by atoms with Crippen molar-refractivity contribution < 1.29 is 4.74 Å². The summed E-state index contributed by atoms with van der Waals surface area (Å²) in [5.74, 6) is 1.93. The van der Waals surface area contributed by atoms with Crippen LogP contribution in [0, 0.1) is 6.92 Å². The maximum atomic E-state index is 5.18. The van der Waals surface area contributed by atoms with Crippen LogP contribution in [0.1, 0.15) is 29.7 Å². The number of hydrogen-bond acceptors (Lipinski definition) is 4. The second-order valence-electron chi connectivity index (χ2n) is 6.46. The van der Waals surface area contributed by atoms with E-state index < -0.39 is 0 Å².